The van der Waals surface area contributed by atoms with Crippen molar-refractivity contribution in [1.82, 2.24) is 10.2 Å². The minimum absolute atomic E-state index is 0.107. The van der Waals surface area contributed by atoms with Crippen molar-refractivity contribution in [2.24, 2.45) is 0 Å². The van der Waals surface area contributed by atoms with Crippen LogP contribution in [0.25, 0.3) is 11.1 Å². The molecule has 0 amide bonds. The third-order valence-corrected chi connectivity index (χ3v) is 2.24. The highest BCUT2D eigenvalue weighted by atomic mass is 16.4. The minimum atomic E-state index is -0.944. The Morgan fingerprint density at radius 3 is 2.75 bits per heavy atom. The predicted octanol–water partition coefficient (Wildman–Crippen LogP) is 1.41. The third-order valence-electron chi connectivity index (χ3n) is 2.24. The second kappa shape index (κ2) is 4.06. The van der Waals surface area contributed by atoms with Crippen LogP contribution in [0.3, 0.4) is 0 Å². The maximum Gasteiger partial charge on any atom is 0.309 e. The van der Waals surface area contributed by atoms with E-state index in [0.717, 1.165) is 0 Å². The van der Waals surface area contributed by atoms with E-state index in [1.54, 1.807) is 24.3 Å². The monoisotopic (exact) mass is 218 g/mol. The summed E-state index contributed by atoms with van der Waals surface area (Å²) >= 11 is 0. The molecule has 0 fully saturated rings. The number of H-pyrrole nitrogens is 1. The molecule has 0 saturated heterocycles. The Morgan fingerprint density at radius 1 is 1.31 bits per heavy atom. The van der Waals surface area contributed by atoms with Crippen molar-refractivity contribution < 1.29 is 15.0 Å². The molecule has 2 rings (SSSR count). The van der Waals surface area contributed by atoms with E-state index >= 15 is 0 Å². The summed E-state index contributed by atoms with van der Waals surface area (Å²) in [5, 5.41) is 24.8. The lowest BCUT2D eigenvalue weighted by atomic mass is 10.0. The first-order valence-corrected chi connectivity index (χ1v) is 4.71. The molecule has 5 heteroatoms. The maximum absolute atomic E-state index is 10.6. The Morgan fingerprint density at radius 2 is 2.06 bits per heavy atom. The van der Waals surface area contributed by atoms with Crippen LogP contribution in [-0.2, 0) is 11.2 Å². The van der Waals surface area contributed by atoms with E-state index in [4.69, 9.17) is 5.11 Å². The third kappa shape index (κ3) is 1.88. The van der Waals surface area contributed by atoms with Crippen molar-refractivity contribution in [3.63, 3.8) is 0 Å². The lowest BCUT2D eigenvalue weighted by Gasteiger charge is -2.03. The van der Waals surface area contributed by atoms with Crippen LogP contribution in [-0.4, -0.2) is 26.4 Å². The largest absolute Gasteiger partial charge is 0.507 e. The van der Waals surface area contributed by atoms with Crippen LogP contribution in [0.2, 0.25) is 0 Å². The van der Waals surface area contributed by atoms with Gasteiger partial charge in [0.05, 0.1) is 18.3 Å². The molecular formula is C11H10N2O3. The first-order chi connectivity index (χ1) is 7.68. The van der Waals surface area contributed by atoms with E-state index in [9.17, 15) is 9.90 Å². The van der Waals surface area contributed by atoms with Crippen molar-refractivity contribution in [2.45, 2.75) is 6.42 Å². The zero-order chi connectivity index (χ0) is 11.5. The highest BCUT2D eigenvalue weighted by Crippen LogP contribution is 2.30. The Labute approximate surface area is 91.4 Å². The van der Waals surface area contributed by atoms with Crippen molar-refractivity contribution >= 4 is 5.97 Å². The molecule has 1 heterocycles. The fraction of sp³-hybridized carbons (Fsp3) is 0.0909. The number of aliphatic carboxylic acids is 1. The van der Waals surface area contributed by atoms with Crippen LogP contribution in [0.1, 0.15) is 5.69 Å². The molecule has 0 atom stereocenters. The molecule has 1 aromatic carbocycles. The number of aromatic amines is 1. The molecular weight excluding hydrogens is 208 g/mol. The van der Waals surface area contributed by atoms with Crippen molar-refractivity contribution in [1.29, 1.82) is 0 Å². The van der Waals surface area contributed by atoms with Gasteiger partial charge in [-0.15, -0.1) is 0 Å². The van der Waals surface area contributed by atoms with Crippen molar-refractivity contribution in [3.8, 4) is 16.9 Å². The first kappa shape index (κ1) is 10.2. The molecule has 16 heavy (non-hydrogen) atoms. The molecule has 0 radical (unpaired) electrons. The number of aromatic hydroxyl groups is 1. The smallest absolute Gasteiger partial charge is 0.309 e. The molecule has 0 aliphatic heterocycles. The highest BCUT2D eigenvalue weighted by Gasteiger charge is 2.13. The SMILES string of the molecule is O=C(O)Cc1[nH]ncc1-c1ccccc1O. The zero-order valence-electron chi connectivity index (χ0n) is 8.34. The number of carbonyl (C=O) groups is 1. The number of aromatic nitrogens is 2. The molecule has 0 unspecified atom stereocenters. The van der Waals surface area contributed by atoms with Gasteiger partial charge in [0.25, 0.3) is 0 Å². The number of nitrogens with one attached hydrogen (secondary N) is 1. The van der Waals surface area contributed by atoms with Crippen molar-refractivity contribution in [3.05, 3.63) is 36.2 Å². The lowest BCUT2D eigenvalue weighted by molar-refractivity contribution is -0.136. The zero-order valence-corrected chi connectivity index (χ0v) is 8.34. The van der Waals surface area contributed by atoms with Gasteiger partial charge in [0.1, 0.15) is 5.75 Å². The molecule has 0 bridgehead atoms. The van der Waals surface area contributed by atoms with Gasteiger partial charge in [-0.1, -0.05) is 18.2 Å². The Balaban J connectivity index is 2.45. The molecule has 0 aliphatic rings. The Bertz CT molecular complexity index is 519. The van der Waals surface area contributed by atoms with Crippen molar-refractivity contribution in [2.75, 3.05) is 0 Å². The van der Waals surface area contributed by atoms with Gasteiger partial charge in [-0.05, 0) is 6.07 Å². The molecule has 0 spiro atoms. The highest BCUT2D eigenvalue weighted by molar-refractivity contribution is 5.77. The number of carboxylic acid groups (broad SMARTS) is 1. The molecule has 5 nitrogen and oxygen atoms in total. The van der Waals surface area contributed by atoms with Crippen LogP contribution < -0.4 is 0 Å². The van der Waals surface area contributed by atoms with Gasteiger partial charge in [0.2, 0.25) is 0 Å². The average Bonchev–Trinajstić information content (AvgIpc) is 2.66. The predicted molar refractivity (Wildman–Crippen MR) is 57.0 cm³/mol. The fourth-order valence-electron chi connectivity index (χ4n) is 1.53. The second-order valence-electron chi connectivity index (χ2n) is 3.35. The summed E-state index contributed by atoms with van der Waals surface area (Å²) in [6.07, 6.45) is 1.36. The molecule has 3 N–H and O–H groups in total. The summed E-state index contributed by atoms with van der Waals surface area (Å²) in [5.74, 6) is -0.837. The molecule has 82 valence electrons. The quantitative estimate of drug-likeness (QED) is 0.727. The van der Waals surface area contributed by atoms with Crippen LogP contribution in [0.5, 0.6) is 5.75 Å². The minimum Gasteiger partial charge on any atom is -0.507 e. The lowest BCUT2D eigenvalue weighted by Crippen LogP contribution is -2.01. The van der Waals surface area contributed by atoms with Crippen LogP contribution >= 0.6 is 0 Å². The average molecular weight is 218 g/mol. The normalized spacial score (nSPS) is 10.2. The van der Waals surface area contributed by atoms with Gasteiger partial charge in [-0.2, -0.15) is 5.10 Å². The summed E-state index contributed by atoms with van der Waals surface area (Å²) in [6, 6.07) is 6.74. The number of rotatable bonds is 3. The molecule has 0 saturated carbocycles. The Kier molecular flexibility index (Phi) is 2.59. The van der Waals surface area contributed by atoms with E-state index in [-0.39, 0.29) is 12.2 Å². The van der Waals surface area contributed by atoms with E-state index in [0.29, 0.717) is 16.8 Å². The maximum atomic E-state index is 10.6. The van der Waals surface area contributed by atoms with Crippen LogP contribution in [0.4, 0.5) is 0 Å². The molecule has 1 aromatic heterocycles. The van der Waals surface area contributed by atoms with E-state index in [1.165, 1.54) is 6.20 Å². The van der Waals surface area contributed by atoms with Crippen LogP contribution in [0.15, 0.2) is 30.5 Å². The summed E-state index contributed by atoms with van der Waals surface area (Å²) in [7, 11) is 0. The molecule has 2 aromatic rings. The summed E-state index contributed by atoms with van der Waals surface area (Å²) < 4.78 is 0. The first-order valence-electron chi connectivity index (χ1n) is 4.71. The molecule has 0 aliphatic carbocycles. The number of para-hydroxylation sites is 1. The van der Waals surface area contributed by atoms with Gasteiger partial charge in [0.15, 0.2) is 0 Å². The van der Waals surface area contributed by atoms with Gasteiger partial charge in [-0.25, -0.2) is 0 Å². The summed E-state index contributed by atoms with van der Waals surface area (Å²) in [4.78, 5) is 10.6. The van der Waals surface area contributed by atoms with Gasteiger partial charge < -0.3 is 10.2 Å². The topological polar surface area (TPSA) is 86.2 Å². The standard InChI is InChI=1S/C11H10N2O3/c14-10-4-2-1-3-7(10)8-6-12-13-9(8)5-11(15)16/h1-4,6,14H,5H2,(H,12,13)(H,15,16). The van der Waals surface area contributed by atoms with Gasteiger partial charge in [0, 0.05) is 11.1 Å². The Hall–Kier alpha value is -2.30. The van der Waals surface area contributed by atoms with Crippen LogP contribution in [0, 0.1) is 0 Å². The number of benzene rings is 1. The summed E-state index contributed by atoms with van der Waals surface area (Å²) in [5.41, 5.74) is 1.67. The van der Waals surface area contributed by atoms with E-state index < -0.39 is 5.97 Å². The van der Waals surface area contributed by atoms with Gasteiger partial charge >= 0.3 is 5.97 Å². The van der Waals surface area contributed by atoms with Gasteiger partial charge in [-0.3, -0.25) is 9.89 Å². The van der Waals surface area contributed by atoms with E-state index in [2.05, 4.69) is 10.2 Å². The number of phenolic OH excluding ortho intramolecular Hbond substituents is 1. The number of phenols is 1. The number of hydrogen-bond acceptors (Lipinski definition) is 3. The summed E-state index contributed by atoms with van der Waals surface area (Å²) in [6.45, 7) is 0. The fourth-order valence-corrected chi connectivity index (χ4v) is 1.53. The number of hydrogen-bond donors (Lipinski definition) is 3. The van der Waals surface area contributed by atoms with E-state index in [1.807, 2.05) is 0 Å². The second-order valence-corrected chi connectivity index (χ2v) is 3.35. The number of carboxylic acids is 1. The number of nitrogens with zero attached hydrogens (tertiary/aromatic N) is 1.